The molecular weight excluding hydrogens is 258 g/mol. The summed E-state index contributed by atoms with van der Waals surface area (Å²) in [5.41, 5.74) is 1.73. The van der Waals surface area contributed by atoms with E-state index in [9.17, 15) is 0 Å². The minimum absolute atomic E-state index is 0.252. The standard InChI is InChI=1S/C18H25N3/c1-19-16(14-17-20-12-13-21(17)2)18(10-6-7-11-18)15-8-4-3-5-9-15/h3-5,8-9,12-13,16,19H,6-7,10-11,14H2,1-2H3. The van der Waals surface area contributed by atoms with Crippen molar-refractivity contribution in [2.45, 2.75) is 43.6 Å². The largest absolute Gasteiger partial charge is 0.338 e. The summed E-state index contributed by atoms with van der Waals surface area (Å²) in [5, 5.41) is 3.60. The Labute approximate surface area is 127 Å². The lowest BCUT2D eigenvalue weighted by molar-refractivity contribution is 0.302. The van der Waals surface area contributed by atoms with Crippen LogP contribution in [0.5, 0.6) is 0 Å². The van der Waals surface area contributed by atoms with E-state index in [1.807, 2.05) is 12.4 Å². The average molecular weight is 283 g/mol. The fourth-order valence-electron chi connectivity index (χ4n) is 3.96. The van der Waals surface area contributed by atoms with Gasteiger partial charge in [0.2, 0.25) is 0 Å². The van der Waals surface area contributed by atoms with Crippen molar-refractivity contribution in [3.63, 3.8) is 0 Å². The Morgan fingerprint density at radius 2 is 1.95 bits per heavy atom. The Morgan fingerprint density at radius 3 is 2.52 bits per heavy atom. The van der Waals surface area contributed by atoms with Gasteiger partial charge in [0.25, 0.3) is 0 Å². The molecule has 3 rings (SSSR count). The van der Waals surface area contributed by atoms with Crippen LogP contribution in [0.1, 0.15) is 37.1 Å². The first-order valence-electron chi connectivity index (χ1n) is 7.95. The summed E-state index contributed by atoms with van der Waals surface area (Å²) in [7, 11) is 4.18. The molecule has 0 spiro atoms. The van der Waals surface area contributed by atoms with Crippen molar-refractivity contribution in [2.24, 2.45) is 7.05 Å². The third-order valence-corrected chi connectivity index (χ3v) is 5.17. The number of imidazole rings is 1. The van der Waals surface area contributed by atoms with E-state index in [1.165, 1.54) is 31.2 Å². The SMILES string of the molecule is CNC(Cc1nccn1C)C1(c2ccccc2)CCCC1. The van der Waals surface area contributed by atoms with Crippen LogP contribution in [0.4, 0.5) is 0 Å². The molecule has 1 N–H and O–H groups in total. The van der Waals surface area contributed by atoms with E-state index in [0.717, 1.165) is 12.2 Å². The fraction of sp³-hybridized carbons (Fsp3) is 0.500. The van der Waals surface area contributed by atoms with Crippen molar-refractivity contribution in [1.29, 1.82) is 0 Å². The number of rotatable bonds is 5. The van der Waals surface area contributed by atoms with Crippen LogP contribution in [0.15, 0.2) is 42.7 Å². The van der Waals surface area contributed by atoms with Crippen molar-refractivity contribution in [3.05, 3.63) is 54.1 Å². The second kappa shape index (κ2) is 6.02. The highest BCUT2D eigenvalue weighted by molar-refractivity contribution is 5.30. The van der Waals surface area contributed by atoms with Gasteiger partial charge in [0.05, 0.1) is 0 Å². The molecule has 1 atom stereocenters. The third kappa shape index (κ3) is 2.62. The summed E-state index contributed by atoms with van der Waals surface area (Å²) < 4.78 is 2.14. The van der Waals surface area contributed by atoms with Crippen molar-refractivity contribution in [1.82, 2.24) is 14.9 Å². The predicted octanol–water partition coefficient (Wildman–Crippen LogP) is 3.06. The molecule has 1 unspecified atom stereocenters. The van der Waals surface area contributed by atoms with E-state index >= 15 is 0 Å². The Bertz CT molecular complexity index is 567. The van der Waals surface area contributed by atoms with Gasteiger partial charge in [-0.25, -0.2) is 4.98 Å². The summed E-state index contributed by atoms with van der Waals surface area (Å²) in [5.74, 6) is 1.16. The molecule has 0 amide bonds. The van der Waals surface area contributed by atoms with Crippen molar-refractivity contribution in [2.75, 3.05) is 7.05 Å². The summed E-state index contributed by atoms with van der Waals surface area (Å²) in [4.78, 5) is 4.52. The fourth-order valence-corrected chi connectivity index (χ4v) is 3.96. The van der Waals surface area contributed by atoms with Crippen LogP contribution >= 0.6 is 0 Å². The van der Waals surface area contributed by atoms with Crippen molar-refractivity contribution < 1.29 is 0 Å². The molecule has 3 nitrogen and oxygen atoms in total. The first-order chi connectivity index (χ1) is 10.3. The molecule has 1 fully saturated rings. The van der Waals surface area contributed by atoms with Gasteiger partial charge in [-0.1, -0.05) is 43.2 Å². The molecule has 21 heavy (non-hydrogen) atoms. The molecule has 1 aromatic heterocycles. The molecule has 0 aliphatic heterocycles. The number of hydrogen-bond donors (Lipinski definition) is 1. The highest BCUT2D eigenvalue weighted by atomic mass is 15.0. The zero-order chi connectivity index (χ0) is 14.7. The lowest BCUT2D eigenvalue weighted by Crippen LogP contribution is -2.47. The summed E-state index contributed by atoms with van der Waals surface area (Å²) in [6.45, 7) is 0. The summed E-state index contributed by atoms with van der Waals surface area (Å²) >= 11 is 0. The molecular formula is C18H25N3. The van der Waals surface area contributed by atoms with Gasteiger partial charge in [0.15, 0.2) is 0 Å². The van der Waals surface area contributed by atoms with Gasteiger partial charge in [0.1, 0.15) is 5.82 Å². The van der Waals surface area contributed by atoms with E-state index in [2.05, 4.69) is 59.3 Å². The van der Waals surface area contributed by atoms with Crippen molar-refractivity contribution >= 4 is 0 Å². The van der Waals surface area contributed by atoms with Crippen LogP contribution in [0, 0.1) is 0 Å². The molecule has 112 valence electrons. The molecule has 1 aliphatic rings. The maximum Gasteiger partial charge on any atom is 0.109 e. The number of hydrogen-bond acceptors (Lipinski definition) is 2. The van der Waals surface area contributed by atoms with Gasteiger partial charge < -0.3 is 9.88 Å². The van der Waals surface area contributed by atoms with Gasteiger partial charge in [-0.3, -0.25) is 0 Å². The highest BCUT2D eigenvalue weighted by Crippen LogP contribution is 2.44. The molecule has 0 bridgehead atoms. The van der Waals surface area contributed by atoms with Crippen LogP contribution in [-0.4, -0.2) is 22.6 Å². The first kappa shape index (κ1) is 14.3. The quantitative estimate of drug-likeness (QED) is 0.914. The molecule has 1 saturated carbocycles. The molecule has 1 aromatic carbocycles. The van der Waals surface area contributed by atoms with Crippen LogP contribution in [0.2, 0.25) is 0 Å². The maximum absolute atomic E-state index is 4.52. The average Bonchev–Trinajstić information content (AvgIpc) is 3.16. The van der Waals surface area contributed by atoms with Crippen LogP contribution in [0.3, 0.4) is 0 Å². The summed E-state index contributed by atoms with van der Waals surface area (Å²) in [6.07, 6.45) is 10.1. The van der Waals surface area contributed by atoms with E-state index in [1.54, 1.807) is 0 Å². The molecule has 1 aliphatic carbocycles. The van der Waals surface area contributed by atoms with E-state index in [-0.39, 0.29) is 5.41 Å². The third-order valence-electron chi connectivity index (χ3n) is 5.17. The maximum atomic E-state index is 4.52. The predicted molar refractivity (Wildman–Crippen MR) is 86.3 cm³/mol. The van der Waals surface area contributed by atoms with Gasteiger partial charge >= 0.3 is 0 Å². The second-order valence-electron chi connectivity index (χ2n) is 6.23. The smallest absolute Gasteiger partial charge is 0.109 e. The summed E-state index contributed by atoms with van der Waals surface area (Å²) in [6, 6.07) is 11.5. The molecule has 0 radical (unpaired) electrons. The lowest BCUT2D eigenvalue weighted by atomic mass is 9.71. The van der Waals surface area contributed by atoms with Crippen LogP contribution in [-0.2, 0) is 18.9 Å². The van der Waals surface area contributed by atoms with Crippen LogP contribution < -0.4 is 5.32 Å². The monoisotopic (exact) mass is 283 g/mol. The Morgan fingerprint density at radius 1 is 1.24 bits per heavy atom. The zero-order valence-corrected chi connectivity index (χ0v) is 13.0. The number of nitrogens with one attached hydrogen (secondary N) is 1. The normalized spacial score (nSPS) is 18.8. The van der Waals surface area contributed by atoms with E-state index in [0.29, 0.717) is 6.04 Å². The van der Waals surface area contributed by atoms with Crippen LogP contribution in [0.25, 0.3) is 0 Å². The number of aryl methyl sites for hydroxylation is 1. The van der Waals surface area contributed by atoms with E-state index < -0.39 is 0 Å². The minimum atomic E-state index is 0.252. The van der Waals surface area contributed by atoms with Crippen molar-refractivity contribution in [3.8, 4) is 0 Å². The van der Waals surface area contributed by atoms with Gasteiger partial charge in [-0.15, -0.1) is 0 Å². The number of likely N-dealkylation sites (N-methyl/N-ethyl adjacent to an activating group) is 1. The van der Waals surface area contributed by atoms with Gasteiger partial charge in [0, 0.05) is 37.3 Å². The molecule has 0 saturated heterocycles. The first-order valence-corrected chi connectivity index (χ1v) is 7.95. The van der Waals surface area contributed by atoms with Gasteiger partial charge in [-0.05, 0) is 25.5 Å². The minimum Gasteiger partial charge on any atom is -0.338 e. The number of nitrogens with zero attached hydrogens (tertiary/aromatic N) is 2. The Hall–Kier alpha value is -1.61. The number of benzene rings is 1. The van der Waals surface area contributed by atoms with E-state index in [4.69, 9.17) is 0 Å². The number of aromatic nitrogens is 2. The molecule has 2 aromatic rings. The molecule has 3 heteroatoms. The highest BCUT2D eigenvalue weighted by Gasteiger charge is 2.42. The topological polar surface area (TPSA) is 29.9 Å². The Kier molecular flexibility index (Phi) is 4.11. The zero-order valence-electron chi connectivity index (χ0n) is 13.0. The lowest BCUT2D eigenvalue weighted by Gasteiger charge is -2.38. The Balaban J connectivity index is 1.93. The second-order valence-corrected chi connectivity index (χ2v) is 6.23. The molecule has 1 heterocycles. The van der Waals surface area contributed by atoms with Gasteiger partial charge in [-0.2, -0.15) is 0 Å².